The highest BCUT2D eigenvalue weighted by atomic mass is 35.5. The highest BCUT2D eigenvalue weighted by Gasteiger charge is 2.30. The maximum Gasteiger partial charge on any atom is 0.273 e. The quantitative estimate of drug-likeness (QED) is 0.476. The van der Waals surface area contributed by atoms with Gasteiger partial charge in [0.2, 0.25) is 0 Å². The van der Waals surface area contributed by atoms with Gasteiger partial charge < -0.3 is 4.90 Å². The number of aromatic nitrogens is 1. The fraction of sp³-hybridized carbons (Fsp3) is 0.227. The van der Waals surface area contributed by atoms with Crippen molar-refractivity contribution in [3.63, 3.8) is 0 Å². The van der Waals surface area contributed by atoms with Crippen LogP contribution in [0.5, 0.6) is 0 Å². The van der Waals surface area contributed by atoms with Crippen molar-refractivity contribution in [2.45, 2.75) is 25.8 Å². The van der Waals surface area contributed by atoms with Crippen LogP contribution in [0, 0.1) is 0 Å². The number of halogens is 2. The Balaban J connectivity index is 1.73. The third-order valence-corrected chi connectivity index (χ3v) is 6.52. The van der Waals surface area contributed by atoms with Crippen LogP contribution in [0.25, 0.3) is 0 Å². The molecule has 0 N–H and O–H groups in total. The number of nitrogens with zero attached hydrogens (tertiary/aromatic N) is 3. The summed E-state index contributed by atoms with van der Waals surface area (Å²) in [5.41, 5.74) is 1.28. The SMILES string of the molecule is CC1CCCN1C(=O)c1csc(N(C(=O)c2ccccc2Cl)c2ccc(Cl)cc2)n1. The number of benzene rings is 2. The summed E-state index contributed by atoms with van der Waals surface area (Å²) >= 11 is 13.5. The molecule has 0 spiro atoms. The molecule has 1 aliphatic rings. The number of thiazole rings is 1. The molecule has 1 aromatic heterocycles. The lowest BCUT2D eigenvalue weighted by molar-refractivity contribution is 0.0742. The van der Waals surface area contributed by atoms with E-state index in [9.17, 15) is 9.59 Å². The highest BCUT2D eigenvalue weighted by molar-refractivity contribution is 7.14. The number of hydrogen-bond acceptors (Lipinski definition) is 4. The highest BCUT2D eigenvalue weighted by Crippen LogP contribution is 2.33. The molecule has 2 heterocycles. The normalized spacial score (nSPS) is 16.0. The first-order chi connectivity index (χ1) is 14.5. The number of amides is 2. The van der Waals surface area contributed by atoms with Crippen LogP contribution < -0.4 is 4.90 Å². The van der Waals surface area contributed by atoms with E-state index in [1.54, 1.807) is 53.9 Å². The van der Waals surface area contributed by atoms with Crippen LogP contribution in [0.1, 0.15) is 40.6 Å². The molecule has 0 bridgehead atoms. The zero-order valence-corrected chi connectivity index (χ0v) is 18.5. The van der Waals surface area contributed by atoms with Gasteiger partial charge in [0.1, 0.15) is 5.69 Å². The van der Waals surface area contributed by atoms with E-state index in [2.05, 4.69) is 4.98 Å². The molecular weight excluding hydrogens is 441 g/mol. The summed E-state index contributed by atoms with van der Waals surface area (Å²) in [5.74, 6) is -0.436. The predicted octanol–water partition coefficient (Wildman–Crippen LogP) is 6.05. The minimum absolute atomic E-state index is 0.108. The average molecular weight is 460 g/mol. The van der Waals surface area contributed by atoms with Gasteiger partial charge >= 0.3 is 0 Å². The maximum atomic E-state index is 13.4. The third kappa shape index (κ3) is 4.08. The van der Waals surface area contributed by atoms with Crippen molar-refractivity contribution in [1.82, 2.24) is 9.88 Å². The molecule has 5 nitrogen and oxygen atoms in total. The van der Waals surface area contributed by atoms with E-state index in [-0.39, 0.29) is 17.9 Å². The first kappa shape index (κ1) is 20.8. The number of carbonyl (C=O) groups is 2. The zero-order valence-electron chi connectivity index (χ0n) is 16.2. The smallest absolute Gasteiger partial charge is 0.273 e. The van der Waals surface area contributed by atoms with Gasteiger partial charge in [0, 0.05) is 23.0 Å². The number of carbonyl (C=O) groups excluding carboxylic acids is 2. The van der Waals surface area contributed by atoms with Gasteiger partial charge in [-0.2, -0.15) is 0 Å². The lowest BCUT2D eigenvalue weighted by atomic mass is 10.2. The van der Waals surface area contributed by atoms with E-state index in [4.69, 9.17) is 23.2 Å². The van der Waals surface area contributed by atoms with E-state index in [1.807, 2.05) is 11.8 Å². The standard InChI is InChI=1S/C22H19Cl2N3O2S/c1-14-5-4-12-26(14)21(29)19-13-30-22(25-19)27(16-10-8-15(23)9-11-16)20(28)17-6-2-3-7-18(17)24/h2-3,6-11,13-14H,4-5,12H2,1H3. The predicted molar refractivity (Wildman–Crippen MR) is 121 cm³/mol. The van der Waals surface area contributed by atoms with Gasteiger partial charge in [0.25, 0.3) is 11.8 Å². The summed E-state index contributed by atoms with van der Waals surface area (Å²) in [4.78, 5) is 34.1. The van der Waals surface area contributed by atoms with Crippen LogP contribution in [0.2, 0.25) is 10.0 Å². The molecule has 2 amide bonds. The minimum atomic E-state index is -0.328. The first-order valence-corrected chi connectivity index (χ1v) is 11.2. The maximum absolute atomic E-state index is 13.4. The second-order valence-electron chi connectivity index (χ2n) is 7.10. The summed E-state index contributed by atoms with van der Waals surface area (Å²) < 4.78 is 0. The summed E-state index contributed by atoms with van der Waals surface area (Å²) in [6.07, 6.45) is 1.98. The van der Waals surface area contributed by atoms with Crippen molar-refractivity contribution in [2.75, 3.05) is 11.4 Å². The monoisotopic (exact) mass is 459 g/mol. The fourth-order valence-electron chi connectivity index (χ4n) is 3.51. The number of rotatable bonds is 4. The molecule has 4 rings (SSSR count). The van der Waals surface area contributed by atoms with Crippen LogP contribution in [0.3, 0.4) is 0 Å². The summed E-state index contributed by atoms with van der Waals surface area (Å²) in [7, 11) is 0. The lowest BCUT2D eigenvalue weighted by Crippen LogP contribution is -2.34. The van der Waals surface area contributed by atoms with Crippen molar-refractivity contribution < 1.29 is 9.59 Å². The Kier molecular flexibility index (Phi) is 6.09. The van der Waals surface area contributed by atoms with Crippen LogP contribution in [0.15, 0.2) is 53.9 Å². The van der Waals surface area contributed by atoms with Gasteiger partial charge in [-0.25, -0.2) is 4.98 Å². The van der Waals surface area contributed by atoms with E-state index in [0.29, 0.717) is 32.1 Å². The lowest BCUT2D eigenvalue weighted by Gasteiger charge is -2.21. The topological polar surface area (TPSA) is 53.5 Å². The van der Waals surface area contributed by atoms with E-state index in [1.165, 1.54) is 16.2 Å². The largest absolute Gasteiger partial charge is 0.335 e. The molecule has 0 aliphatic carbocycles. The number of likely N-dealkylation sites (tertiary alicyclic amines) is 1. The van der Waals surface area contributed by atoms with Crippen LogP contribution in [-0.4, -0.2) is 34.3 Å². The van der Waals surface area contributed by atoms with Crippen molar-refractivity contribution in [1.29, 1.82) is 0 Å². The minimum Gasteiger partial charge on any atom is -0.335 e. The molecular formula is C22H19Cl2N3O2S. The molecule has 1 saturated heterocycles. The molecule has 154 valence electrons. The van der Waals surface area contributed by atoms with Crippen molar-refractivity contribution in [2.24, 2.45) is 0 Å². The number of anilines is 2. The molecule has 1 aliphatic heterocycles. The van der Waals surface area contributed by atoms with E-state index in [0.717, 1.165) is 19.4 Å². The van der Waals surface area contributed by atoms with Gasteiger partial charge in [-0.15, -0.1) is 11.3 Å². The zero-order chi connectivity index (χ0) is 21.3. The van der Waals surface area contributed by atoms with Gasteiger partial charge in [-0.3, -0.25) is 14.5 Å². The van der Waals surface area contributed by atoms with Crippen molar-refractivity contribution in [3.05, 3.63) is 75.2 Å². The fourth-order valence-corrected chi connectivity index (χ4v) is 4.67. The van der Waals surface area contributed by atoms with Crippen LogP contribution >= 0.6 is 34.5 Å². The summed E-state index contributed by atoms with van der Waals surface area (Å²) in [5, 5.41) is 3.01. The van der Waals surface area contributed by atoms with Crippen molar-refractivity contribution in [3.8, 4) is 0 Å². The Morgan fingerprint density at radius 2 is 1.87 bits per heavy atom. The second-order valence-corrected chi connectivity index (χ2v) is 8.78. The van der Waals surface area contributed by atoms with Gasteiger partial charge in [-0.1, -0.05) is 35.3 Å². The molecule has 1 unspecified atom stereocenters. The molecule has 3 aromatic rings. The third-order valence-electron chi connectivity index (χ3n) is 5.11. The number of hydrogen-bond donors (Lipinski definition) is 0. The van der Waals surface area contributed by atoms with Crippen LogP contribution in [-0.2, 0) is 0 Å². The average Bonchev–Trinajstić information content (AvgIpc) is 3.39. The van der Waals surface area contributed by atoms with Crippen LogP contribution in [0.4, 0.5) is 10.8 Å². The molecule has 1 fully saturated rings. The van der Waals surface area contributed by atoms with Gasteiger partial charge in [0.05, 0.1) is 16.3 Å². The van der Waals surface area contributed by atoms with Gasteiger partial charge in [0.15, 0.2) is 5.13 Å². The molecule has 8 heteroatoms. The molecule has 30 heavy (non-hydrogen) atoms. The van der Waals surface area contributed by atoms with Crippen molar-refractivity contribution >= 4 is 57.2 Å². The molecule has 2 aromatic carbocycles. The first-order valence-electron chi connectivity index (χ1n) is 9.57. The Labute approximate surface area is 188 Å². The Hall–Kier alpha value is -2.41. The van der Waals surface area contributed by atoms with Gasteiger partial charge in [-0.05, 0) is 56.2 Å². The van der Waals surface area contributed by atoms with E-state index < -0.39 is 0 Å². The molecule has 1 atom stereocenters. The summed E-state index contributed by atoms with van der Waals surface area (Å²) in [6, 6.07) is 13.9. The molecule has 0 radical (unpaired) electrons. The Morgan fingerprint density at radius 1 is 1.13 bits per heavy atom. The summed E-state index contributed by atoms with van der Waals surface area (Å²) in [6.45, 7) is 2.77. The Morgan fingerprint density at radius 3 is 2.53 bits per heavy atom. The Bertz CT molecular complexity index is 1080. The second kappa shape index (κ2) is 8.76. The van der Waals surface area contributed by atoms with E-state index >= 15 is 0 Å². The molecule has 0 saturated carbocycles.